The van der Waals surface area contributed by atoms with Gasteiger partial charge >= 0.3 is 12.0 Å². The van der Waals surface area contributed by atoms with Crippen LogP contribution in [0.2, 0.25) is 0 Å². The number of nitrogens with one attached hydrogen (secondary N) is 1. The molecule has 0 aliphatic heterocycles. The van der Waals surface area contributed by atoms with Crippen LogP contribution < -0.4 is 10.1 Å². The van der Waals surface area contributed by atoms with Gasteiger partial charge in [0.2, 0.25) is 5.75 Å². The third-order valence-electron chi connectivity index (χ3n) is 3.08. The number of pyridine rings is 1. The molecule has 2 rings (SSSR count). The number of hydrogen-bond donors (Lipinski definition) is 1. The molecule has 27 heavy (non-hydrogen) atoms. The summed E-state index contributed by atoms with van der Waals surface area (Å²) in [5.41, 5.74) is -2.71. The Morgan fingerprint density at radius 1 is 1.19 bits per heavy atom. The van der Waals surface area contributed by atoms with Crippen LogP contribution >= 0.6 is 0 Å². The number of ether oxygens (including phenoxy) is 1. The van der Waals surface area contributed by atoms with Gasteiger partial charge in [0.1, 0.15) is 11.9 Å². The van der Waals surface area contributed by atoms with Crippen LogP contribution in [0.15, 0.2) is 36.5 Å². The summed E-state index contributed by atoms with van der Waals surface area (Å²) in [5.74, 6) is -1.94. The smallest absolute Gasteiger partial charge is 0.416 e. The molecule has 0 atom stereocenters. The number of carbonyl (C=O) groups excluding carboxylic acids is 1. The minimum atomic E-state index is -4.80. The van der Waals surface area contributed by atoms with Gasteiger partial charge in [0.15, 0.2) is 6.61 Å². The van der Waals surface area contributed by atoms with Crippen LogP contribution in [0, 0.1) is 20.2 Å². The number of carbonyl (C=O) groups is 1. The van der Waals surface area contributed by atoms with Gasteiger partial charge in [0.25, 0.3) is 11.6 Å². The van der Waals surface area contributed by atoms with E-state index in [2.05, 4.69) is 4.98 Å². The summed E-state index contributed by atoms with van der Waals surface area (Å²) in [6.07, 6.45) is -3.66. The highest BCUT2D eigenvalue weighted by atomic mass is 19.4. The number of benzene rings is 1. The Morgan fingerprint density at radius 2 is 1.89 bits per heavy atom. The third-order valence-corrected chi connectivity index (χ3v) is 3.08. The van der Waals surface area contributed by atoms with Crippen LogP contribution in [-0.4, -0.2) is 27.3 Å². The minimum Gasteiger partial charge on any atom is -0.476 e. The Balaban J connectivity index is 2.14. The van der Waals surface area contributed by atoms with Gasteiger partial charge in [-0.15, -0.1) is 0 Å². The normalized spacial score (nSPS) is 10.9. The molecule has 1 aromatic heterocycles. The molecular formula is C14H9F3N4O6. The Kier molecular flexibility index (Phi) is 5.53. The van der Waals surface area contributed by atoms with Crippen molar-refractivity contribution < 1.29 is 32.5 Å². The molecule has 0 unspecified atom stereocenters. The van der Waals surface area contributed by atoms with Crippen LogP contribution in [0.5, 0.6) is 5.75 Å². The fraction of sp³-hybridized carbons (Fsp3) is 0.143. The zero-order valence-electron chi connectivity index (χ0n) is 13.1. The van der Waals surface area contributed by atoms with E-state index in [1.54, 1.807) is 0 Å². The number of anilines is 1. The molecule has 0 fully saturated rings. The molecule has 0 saturated carbocycles. The van der Waals surface area contributed by atoms with E-state index in [4.69, 9.17) is 4.74 Å². The van der Waals surface area contributed by atoms with Gasteiger partial charge in [-0.3, -0.25) is 14.9 Å². The molecule has 1 amide bonds. The molecule has 13 heteroatoms. The van der Waals surface area contributed by atoms with Crippen molar-refractivity contribution in [3.63, 3.8) is 0 Å². The minimum absolute atomic E-state index is 0.280. The van der Waals surface area contributed by atoms with Gasteiger partial charge in [-0.25, -0.2) is 0 Å². The fourth-order valence-corrected chi connectivity index (χ4v) is 1.93. The SMILES string of the molecule is O=C(COc1cccnc1[N+](=O)[O-])Nc1ccc(C(F)(F)F)cc1[N+](=O)[O-]. The predicted molar refractivity (Wildman–Crippen MR) is 83.1 cm³/mol. The lowest BCUT2D eigenvalue weighted by molar-refractivity contribution is -0.390. The van der Waals surface area contributed by atoms with Crippen molar-refractivity contribution in [3.8, 4) is 5.75 Å². The molecule has 0 radical (unpaired) electrons. The van der Waals surface area contributed by atoms with Gasteiger partial charge in [0.05, 0.1) is 10.5 Å². The van der Waals surface area contributed by atoms with E-state index < -0.39 is 51.3 Å². The fourth-order valence-electron chi connectivity index (χ4n) is 1.93. The third kappa shape index (κ3) is 4.87. The summed E-state index contributed by atoms with van der Waals surface area (Å²) < 4.78 is 42.9. The molecule has 1 aromatic carbocycles. The van der Waals surface area contributed by atoms with Crippen LogP contribution in [0.3, 0.4) is 0 Å². The van der Waals surface area contributed by atoms with Crippen molar-refractivity contribution in [1.29, 1.82) is 0 Å². The molecular weight excluding hydrogens is 377 g/mol. The first kappa shape index (κ1) is 19.6. The molecule has 0 aliphatic carbocycles. The van der Waals surface area contributed by atoms with Crippen molar-refractivity contribution in [1.82, 2.24) is 4.98 Å². The van der Waals surface area contributed by atoms with Crippen molar-refractivity contribution in [3.05, 3.63) is 62.3 Å². The topological polar surface area (TPSA) is 138 Å². The van der Waals surface area contributed by atoms with Gasteiger partial charge in [-0.05, 0) is 34.2 Å². The highest BCUT2D eigenvalue weighted by Gasteiger charge is 2.33. The van der Waals surface area contributed by atoms with Crippen molar-refractivity contribution in [2.45, 2.75) is 6.18 Å². The average molecular weight is 386 g/mol. The summed E-state index contributed by atoms with van der Waals surface area (Å²) in [6.45, 7) is -0.787. The van der Waals surface area contributed by atoms with E-state index in [1.807, 2.05) is 5.32 Å². The quantitative estimate of drug-likeness (QED) is 0.595. The molecule has 0 saturated heterocycles. The van der Waals surface area contributed by atoms with E-state index in [0.717, 1.165) is 12.3 Å². The predicted octanol–water partition coefficient (Wildman–Crippen LogP) is 2.93. The van der Waals surface area contributed by atoms with E-state index >= 15 is 0 Å². The molecule has 2 aromatic rings. The average Bonchev–Trinajstić information content (AvgIpc) is 2.59. The number of nitrogens with zero attached hydrogens (tertiary/aromatic N) is 3. The maximum absolute atomic E-state index is 12.6. The second kappa shape index (κ2) is 7.63. The zero-order valence-corrected chi connectivity index (χ0v) is 13.1. The van der Waals surface area contributed by atoms with Crippen LogP contribution in [-0.2, 0) is 11.0 Å². The van der Waals surface area contributed by atoms with E-state index in [9.17, 15) is 38.2 Å². The number of aromatic nitrogens is 1. The molecule has 10 nitrogen and oxygen atoms in total. The van der Waals surface area contributed by atoms with Crippen LogP contribution in [0.1, 0.15) is 5.56 Å². The second-order valence-corrected chi connectivity index (χ2v) is 4.91. The number of alkyl halides is 3. The number of halogens is 3. The summed E-state index contributed by atoms with van der Waals surface area (Å²) >= 11 is 0. The number of rotatable bonds is 6. The van der Waals surface area contributed by atoms with Crippen LogP contribution in [0.4, 0.5) is 30.4 Å². The van der Waals surface area contributed by atoms with Gasteiger partial charge in [-0.2, -0.15) is 13.2 Å². The lowest BCUT2D eigenvalue weighted by Crippen LogP contribution is -2.21. The summed E-state index contributed by atoms with van der Waals surface area (Å²) in [6, 6.07) is 4.07. The Bertz CT molecular complexity index is 903. The maximum Gasteiger partial charge on any atom is 0.416 e. The summed E-state index contributed by atoms with van der Waals surface area (Å²) in [5, 5.41) is 23.8. The second-order valence-electron chi connectivity index (χ2n) is 4.91. The molecule has 1 N–H and O–H groups in total. The molecule has 1 heterocycles. The lowest BCUT2D eigenvalue weighted by Gasteiger charge is -2.10. The number of nitro benzene ring substituents is 1. The van der Waals surface area contributed by atoms with E-state index in [1.165, 1.54) is 12.1 Å². The first-order valence-electron chi connectivity index (χ1n) is 6.97. The number of hydrogen-bond acceptors (Lipinski definition) is 7. The van der Waals surface area contributed by atoms with Gasteiger partial charge < -0.3 is 20.2 Å². The lowest BCUT2D eigenvalue weighted by atomic mass is 10.1. The van der Waals surface area contributed by atoms with Gasteiger partial charge in [0, 0.05) is 6.07 Å². The highest BCUT2D eigenvalue weighted by Crippen LogP contribution is 2.35. The Morgan fingerprint density at radius 3 is 2.48 bits per heavy atom. The van der Waals surface area contributed by atoms with Gasteiger partial charge in [-0.1, -0.05) is 0 Å². The van der Waals surface area contributed by atoms with Crippen LogP contribution in [0.25, 0.3) is 0 Å². The number of nitro groups is 2. The summed E-state index contributed by atoms with van der Waals surface area (Å²) in [7, 11) is 0. The Labute approximate surface area is 147 Å². The molecule has 0 bridgehead atoms. The zero-order chi connectivity index (χ0) is 20.2. The summed E-state index contributed by atoms with van der Waals surface area (Å²) in [4.78, 5) is 35.1. The first-order valence-corrected chi connectivity index (χ1v) is 6.97. The molecule has 142 valence electrons. The van der Waals surface area contributed by atoms with E-state index in [-0.39, 0.29) is 11.8 Å². The van der Waals surface area contributed by atoms with E-state index in [0.29, 0.717) is 6.07 Å². The monoisotopic (exact) mass is 386 g/mol. The maximum atomic E-state index is 12.6. The van der Waals surface area contributed by atoms with Crippen molar-refractivity contribution in [2.75, 3.05) is 11.9 Å². The highest BCUT2D eigenvalue weighted by molar-refractivity contribution is 5.94. The number of amides is 1. The molecule has 0 spiro atoms. The standard InChI is InChI=1S/C14H9F3N4O6/c15-14(16,17)8-3-4-9(10(6-8)20(23)24)19-12(22)7-27-11-2-1-5-18-13(11)21(25)26/h1-6H,7H2,(H,19,22). The van der Waals surface area contributed by atoms with Crippen molar-refractivity contribution >= 4 is 23.1 Å². The molecule has 0 aliphatic rings. The van der Waals surface area contributed by atoms with Crippen molar-refractivity contribution in [2.24, 2.45) is 0 Å². The Hall–Kier alpha value is -3.77. The first-order chi connectivity index (χ1) is 12.6. The largest absolute Gasteiger partial charge is 0.476 e.